The lowest BCUT2D eigenvalue weighted by Gasteiger charge is -2.12. The van der Waals surface area contributed by atoms with E-state index in [0.29, 0.717) is 31.0 Å². The second-order valence-electron chi connectivity index (χ2n) is 6.15. The average Bonchev–Trinajstić information content (AvgIpc) is 2.76. The molecular formula is C22H23N3O3. The largest absolute Gasteiger partial charge is 0.477 e. The van der Waals surface area contributed by atoms with Crippen LogP contribution in [0.25, 0.3) is 10.9 Å². The molecule has 6 heteroatoms. The molecule has 0 bridgehead atoms. The summed E-state index contributed by atoms with van der Waals surface area (Å²) in [6.07, 6.45) is 6.45. The first-order valence-electron chi connectivity index (χ1n) is 9.10. The third-order valence-corrected chi connectivity index (χ3v) is 4.31. The van der Waals surface area contributed by atoms with Gasteiger partial charge >= 0.3 is 0 Å². The van der Waals surface area contributed by atoms with Gasteiger partial charge in [0.05, 0.1) is 29.3 Å². The maximum atomic E-state index is 9.32. The van der Waals surface area contributed by atoms with Crippen molar-refractivity contribution in [2.24, 2.45) is 5.16 Å². The number of nitrogens with zero attached hydrogens (tertiary/aromatic N) is 3. The summed E-state index contributed by atoms with van der Waals surface area (Å²) < 4.78 is 11.3. The SMILES string of the molecule is COC(/C=C/CCOc1ncnc2ccccc12)C/C(=N/O)c1ccccc1. The summed E-state index contributed by atoms with van der Waals surface area (Å²) in [5.74, 6) is 0.584. The lowest BCUT2D eigenvalue weighted by atomic mass is 10.0. The minimum atomic E-state index is -0.189. The molecule has 6 nitrogen and oxygen atoms in total. The van der Waals surface area contributed by atoms with E-state index in [1.807, 2.05) is 66.7 Å². The maximum Gasteiger partial charge on any atom is 0.224 e. The Morgan fingerprint density at radius 1 is 1.11 bits per heavy atom. The van der Waals surface area contributed by atoms with Crippen LogP contribution in [0.5, 0.6) is 5.88 Å². The Morgan fingerprint density at radius 3 is 2.68 bits per heavy atom. The van der Waals surface area contributed by atoms with Crippen LogP contribution in [-0.2, 0) is 4.74 Å². The molecule has 0 radical (unpaired) electrons. The molecule has 0 saturated carbocycles. The van der Waals surface area contributed by atoms with Crippen molar-refractivity contribution in [3.05, 3.63) is 78.6 Å². The summed E-state index contributed by atoms with van der Waals surface area (Å²) in [7, 11) is 1.64. The summed E-state index contributed by atoms with van der Waals surface area (Å²) in [6, 6.07) is 17.3. The highest BCUT2D eigenvalue weighted by molar-refractivity contribution is 6.00. The highest BCUT2D eigenvalue weighted by Gasteiger charge is 2.11. The number of benzene rings is 2. The van der Waals surface area contributed by atoms with Gasteiger partial charge in [-0.3, -0.25) is 0 Å². The Hall–Kier alpha value is -3.25. The Kier molecular flexibility index (Phi) is 7.09. The number of methoxy groups -OCH3 is 1. The van der Waals surface area contributed by atoms with Crippen molar-refractivity contribution in [3.63, 3.8) is 0 Å². The minimum absolute atomic E-state index is 0.189. The summed E-state index contributed by atoms with van der Waals surface area (Å²) in [6.45, 7) is 0.494. The van der Waals surface area contributed by atoms with Gasteiger partial charge in [0.2, 0.25) is 5.88 Å². The molecule has 0 saturated heterocycles. The first-order chi connectivity index (χ1) is 13.8. The van der Waals surface area contributed by atoms with Crippen molar-refractivity contribution >= 4 is 16.6 Å². The van der Waals surface area contributed by atoms with Crippen LogP contribution in [0.4, 0.5) is 0 Å². The standard InChI is InChI=1S/C22H23N3O3/c1-27-18(15-21(25-26)17-9-3-2-4-10-17)11-7-8-14-28-22-19-12-5-6-13-20(19)23-16-24-22/h2-7,9-13,16,18,26H,8,14-15H2,1H3/b11-7+,25-21-. The van der Waals surface area contributed by atoms with Crippen LogP contribution in [0.3, 0.4) is 0 Å². The zero-order chi connectivity index (χ0) is 19.6. The van der Waals surface area contributed by atoms with Gasteiger partial charge in [0.1, 0.15) is 6.33 Å². The number of fused-ring (bicyclic) bond motifs is 1. The number of aromatic nitrogens is 2. The van der Waals surface area contributed by atoms with Crippen LogP contribution in [0, 0.1) is 0 Å². The molecule has 3 aromatic rings. The fourth-order valence-electron chi connectivity index (χ4n) is 2.83. The molecule has 1 heterocycles. The van der Waals surface area contributed by atoms with E-state index in [1.165, 1.54) is 6.33 Å². The molecule has 1 N–H and O–H groups in total. The van der Waals surface area contributed by atoms with E-state index >= 15 is 0 Å². The van der Waals surface area contributed by atoms with Crippen molar-refractivity contribution in [1.29, 1.82) is 0 Å². The maximum absolute atomic E-state index is 9.32. The van der Waals surface area contributed by atoms with Gasteiger partial charge in [-0.15, -0.1) is 0 Å². The average molecular weight is 377 g/mol. The molecule has 0 aliphatic heterocycles. The van der Waals surface area contributed by atoms with Crippen LogP contribution in [0.1, 0.15) is 18.4 Å². The van der Waals surface area contributed by atoms with Crippen molar-refractivity contribution in [3.8, 4) is 5.88 Å². The monoisotopic (exact) mass is 377 g/mol. The normalized spacial score (nSPS) is 13.1. The quantitative estimate of drug-likeness (QED) is 0.198. The Labute approximate surface area is 164 Å². The number of hydrogen-bond acceptors (Lipinski definition) is 6. The molecule has 1 unspecified atom stereocenters. The molecular weight excluding hydrogens is 354 g/mol. The van der Waals surface area contributed by atoms with Crippen molar-refractivity contribution in [1.82, 2.24) is 9.97 Å². The topological polar surface area (TPSA) is 76.8 Å². The number of rotatable bonds is 9. The van der Waals surface area contributed by atoms with Crippen LogP contribution < -0.4 is 4.74 Å². The van der Waals surface area contributed by atoms with Gasteiger partial charge in [0.25, 0.3) is 0 Å². The molecule has 1 atom stereocenters. The fourth-order valence-corrected chi connectivity index (χ4v) is 2.83. The Balaban J connectivity index is 1.53. The molecule has 28 heavy (non-hydrogen) atoms. The molecule has 144 valence electrons. The van der Waals surface area contributed by atoms with Crippen LogP contribution >= 0.6 is 0 Å². The molecule has 0 aliphatic carbocycles. The predicted molar refractivity (Wildman–Crippen MR) is 109 cm³/mol. The fraction of sp³-hybridized carbons (Fsp3) is 0.227. The van der Waals surface area contributed by atoms with Gasteiger partial charge in [0.15, 0.2) is 0 Å². The lowest BCUT2D eigenvalue weighted by molar-refractivity contribution is 0.146. The predicted octanol–water partition coefficient (Wildman–Crippen LogP) is 4.24. The Morgan fingerprint density at radius 2 is 1.89 bits per heavy atom. The van der Waals surface area contributed by atoms with Gasteiger partial charge in [-0.05, 0) is 24.1 Å². The highest BCUT2D eigenvalue weighted by atomic mass is 16.5. The van der Waals surface area contributed by atoms with Crippen molar-refractivity contribution in [2.45, 2.75) is 18.9 Å². The van der Waals surface area contributed by atoms with Gasteiger partial charge < -0.3 is 14.7 Å². The molecule has 0 aliphatic rings. The first kappa shape index (κ1) is 19.5. The highest BCUT2D eigenvalue weighted by Crippen LogP contribution is 2.20. The molecule has 0 fully saturated rings. The smallest absolute Gasteiger partial charge is 0.224 e. The molecule has 3 rings (SSSR count). The number of hydrogen-bond donors (Lipinski definition) is 1. The molecule has 0 amide bonds. The Bertz CT molecular complexity index is 937. The molecule has 0 spiro atoms. The molecule has 2 aromatic carbocycles. The zero-order valence-electron chi connectivity index (χ0n) is 15.7. The van der Waals surface area contributed by atoms with E-state index in [0.717, 1.165) is 16.5 Å². The number of oxime groups is 1. The molecule has 1 aromatic heterocycles. The second-order valence-corrected chi connectivity index (χ2v) is 6.15. The third-order valence-electron chi connectivity index (χ3n) is 4.31. The van der Waals surface area contributed by atoms with E-state index in [9.17, 15) is 5.21 Å². The summed E-state index contributed by atoms with van der Waals surface area (Å²) >= 11 is 0. The van der Waals surface area contributed by atoms with Gasteiger partial charge in [0, 0.05) is 13.5 Å². The van der Waals surface area contributed by atoms with Crippen LogP contribution in [0.15, 0.2) is 78.2 Å². The van der Waals surface area contributed by atoms with Crippen LogP contribution in [0.2, 0.25) is 0 Å². The van der Waals surface area contributed by atoms with Gasteiger partial charge in [-0.25, -0.2) is 9.97 Å². The van der Waals surface area contributed by atoms with E-state index in [1.54, 1.807) is 7.11 Å². The van der Waals surface area contributed by atoms with E-state index in [4.69, 9.17) is 9.47 Å². The summed E-state index contributed by atoms with van der Waals surface area (Å²) in [5, 5.41) is 13.6. The number of para-hydroxylation sites is 1. The van der Waals surface area contributed by atoms with Gasteiger partial charge in [-0.1, -0.05) is 59.8 Å². The van der Waals surface area contributed by atoms with Crippen molar-refractivity contribution in [2.75, 3.05) is 13.7 Å². The number of ether oxygens (including phenoxy) is 2. The van der Waals surface area contributed by atoms with E-state index in [-0.39, 0.29) is 6.10 Å². The summed E-state index contributed by atoms with van der Waals surface area (Å²) in [4.78, 5) is 8.44. The van der Waals surface area contributed by atoms with Crippen LogP contribution in [-0.4, -0.2) is 40.7 Å². The first-order valence-corrected chi connectivity index (χ1v) is 9.10. The second kappa shape index (κ2) is 10.2. The van der Waals surface area contributed by atoms with Crippen molar-refractivity contribution < 1.29 is 14.7 Å². The van der Waals surface area contributed by atoms with E-state index in [2.05, 4.69) is 15.1 Å². The minimum Gasteiger partial charge on any atom is -0.477 e. The lowest BCUT2D eigenvalue weighted by Crippen LogP contribution is -2.15. The zero-order valence-corrected chi connectivity index (χ0v) is 15.7. The van der Waals surface area contributed by atoms with E-state index < -0.39 is 0 Å². The summed E-state index contributed by atoms with van der Waals surface area (Å²) in [5.41, 5.74) is 2.32. The van der Waals surface area contributed by atoms with Gasteiger partial charge in [-0.2, -0.15) is 0 Å². The third kappa shape index (κ3) is 5.14.